The summed E-state index contributed by atoms with van der Waals surface area (Å²) >= 11 is 0. The monoisotopic (exact) mass is 324 g/mol. The van der Waals surface area contributed by atoms with Crippen molar-refractivity contribution in [3.63, 3.8) is 0 Å². The molecule has 1 aromatic heterocycles. The molecular formula is C19H24N4O. The molecule has 3 atom stereocenters. The van der Waals surface area contributed by atoms with Gasteiger partial charge in [0.05, 0.1) is 0 Å². The average Bonchev–Trinajstić information content (AvgIpc) is 3.22. The van der Waals surface area contributed by atoms with Crippen LogP contribution in [0.1, 0.15) is 37.3 Å². The van der Waals surface area contributed by atoms with E-state index in [1.807, 2.05) is 12.3 Å². The Morgan fingerprint density at radius 2 is 2.08 bits per heavy atom. The van der Waals surface area contributed by atoms with Crippen LogP contribution in [0.25, 0.3) is 0 Å². The number of hydrogen-bond acceptors (Lipinski definition) is 3. The molecule has 2 saturated heterocycles. The molecular weight excluding hydrogens is 300 g/mol. The summed E-state index contributed by atoms with van der Waals surface area (Å²) in [5, 5.41) is 7.95. The summed E-state index contributed by atoms with van der Waals surface area (Å²) in [7, 11) is 0. The van der Waals surface area contributed by atoms with E-state index in [2.05, 4.69) is 45.6 Å². The molecule has 0 bridgehead atoms. The van der Waals surface area contributed by atoms with Crippen LogP contribution in [0.4, 0.5) is 0 Å². The second-order valence-electron chi connectivity index (χ2n) is 6.83. The van der Waals surface area contributed by atoms with Crippen LogP contribution in [0, 0.1) is 0 Å². The highest BCUT2D eigenvalue weighted by molar-refractivity contribution is 5.76. The minimum atomic E-state index is 0.186. The second kappa shape index (κ2) is 6.77. The number of rotatable bonds is 3. The Morgan fingerprint density at radius 1 is 1.21 bits per heavy atom. The zero-order chi connectivity index (χ0) is 16.4. The van der Waals surface area contributed by atoms with Crippen molar-refractivity contribution in [2.45, 2.75) is 50.4 Å². The fourth-order valence-corrected chi connectivity index (χ4v) is 4.13. The van der Waals surface area contributed by atoms with E-state index in [1.54, 1.807) is 10.9 Å². The van der Waals surface area contributed by atoms with E-state index in [0.717, 1.165) is 25.8 Å². The molecule has 0 saturated carbocycles. The Balaban J connectivity index is 1.51. The van der Waals surface area contributed by atoms with E-state index in [-0.39, 0.29) is 5.91 Å². The lowest BCUT2D eigenvalue weighted by molar-refractivity contribution is -0.134. The maximum absolute atomic E-state index is 12.8. The van der Waals surface area contributed by atoms with Gasteiger partial charge in [0.15, 0.2) is 0 Å². The largest absolute Gasteiger partial charge is 0.336 e. The van der Waals surface area contributed by atoms with Crippen LogP contribution in [0.15, 0.2) is 48.8 Å². The molecule has 2 fully saturated rings. The molecule has 2 aromatic rings. The summed E-state index contributed by atoms with van der Waals surface area (Å²) in [6.07, 6.45) is 8.00. The molecule has 0 unspecified atom stereocenters. The smallest absolute Gasteiger partial charge is 0.244 e. The van der Waals surface area contributed by atoms with Crippen LogP contribution in [0.5, 0.6) is 0 Å². The summed E-state index contributed by atoms with van der Waals surface area (Å²) in [5.74, 6) is 0.186. The Morgan fingerprint density at radius 3 is 2.88 bits per heavy atom. The van der Waals surface area contributed by atoms with Gasteiger partial charge in [0, 0.05) is 37.1 Å². The Hall–Kier alpha value is -2.14. The molecule has 0 radical (unpaired) electrons. The highest BCUT2D eigenvalue weighted by Gasteiger charge is 2.40. The van der Waals surface area contributed by atoms with E-state index < -0.39 is 0 Å². The van der Waals surface area contributed by atoms with Crippen molar-refractivity contribution < 1.29 is 4.79 Å². The van der Waals surface area contributed by atoms with Crippen LogP contribution >= 0.6 is 0 Å². The topological polar surface area (TPSA) is 50.2 Å². The normalized spacial score (nSPS) is 26.8. The predicted molar refractivity (Wildman–Crippen MR) is 92.3 cm³/mol. The third-order valence-electron chi connectivity index (χ3n) is 5.30. The summed E-state index contributed by atoms with van der Waals surface area (Å²) in [5.41, 5.74) is 1.32. The molecule has 3 heterocycles. The van der Waals surface area contributed by atoms with Crippen molar-refractivity contribution in [3.05, 3.63) is 54.4 Å². The van der Waals surface area contributed by atoms with Crippen LogP contribution < -0.4 is 5.32 Å². The standard InChI is InChI=1S/C19H24N4O/c24-19(14-22-11-6-10-20-22)23-12-5-4-9-16-18(23)13-17(21-16)15-7-2-1-3-8-15/h1-3,6-8,10-11,16-18,21H,4-5,9,12-14H2/t16-,17-,18+/m1/s1. The first kappa shape index (κ1) is 15.4. The molecule has 5 nitrogen and oxygen atoms in total. The molecule has 5 heteroatoms. The molecule has 0 aliphatic carbocycles. The first-order valence-corrected chi connectivity index (χ1v) is 8.89. The lowest BCUT2D eigenvalue weighted by Crippen LogP contribution is -2.47. The number of benzene rings is 1. The van der Waals surface area contributed by atoms with Crippen LogP contribution in [0.2, 0.25) is 0 Å². The van der Waals surface area contributed by atoms with E-state index in [0.29, 0.717) is 24.7 Å². The third kappa shape index (κ3) is 3.08. The number of hydrogen-bond donors (Lipinski definition) is 1. The first-order chi connectivity index (χ1) is 11.8. The summed E-state index contributed by atoms with van der Waals surface area (Å²) in [6.45, 7) is 1.21. The van der Waals surface area contributed by atoms with Gasteiger partial charge in [0.1, 0.15) is 6.54 Å². The van der Waals surface area contributed by atoms with Crippen LogP contribution in [-0.2, 0) is 11.3 Å². The van der Waals surface area contributed by atoms with Crippen molar-refractivity contribution in [2.24, 2.45) is 0 Å². The first-order valence-electron chi connectivity index (χ1n) is 8.89. The molecule has 1 N–H and O–H groups in total. The van der Waals surface area contributed by atoms with E-state index in [4.69, 9.17) is 0 Å². The molecule has 1 amide bonds. The Kier molecular flexibility index (Phi) is 4.34. The molecule has 4 rings (SSSR count). The number of nitrogens with one attached hydrogen (secondary N) is 1. The Bertz CT molecular complexity index is 670. The van der Waals surface area contributed by atoms with Crippen molar-refractivity contribution in [1.29, 1.82) is 0 Å². The lowest BCUT2D eigenvalue weighted by atomic mass is 10.0. The van der Waals surface area contributed by atoms with Gasteiger partial charge in [0.2, 0.25) is 5.91 Å². The van der Waals surface area contributed by atoms with Crippen molar-refractivity contribution in [1.82, 2.24) is 20.0 Å². The van der Waals surface area contributed by atoms with Crippen LogP contribution in [0.3, 0.4) is 0 Å². The van der Waals surface area contributed by atoms with Gasteiger partial charge in [-0.1, -0.05) is 36.8 Å². The zero-order valence-corrected chi connectivity index (χ0v) is 13.8. The fraction of sp³-hybridized carbons (Fsp3) is 0.474. The second-order valence-corrected chi connectivity index (χ2v) is 6.83. The number of amides is 1. The fourth-order valence-electron chi connectivity index (χ4n) is 4.13. The van der Waals surface area contributed by atoms with Crippen molar-refractivity contribution >= 4 is 5.91 Å². The highest BCUT2D eigenvalue weighted by atomic mass is 16.2. The number of carbonyl (C=O) groups is 1. The number of fused-ring (bicyclic) bond motifs is 1. The van der Waals surface area contributed by atoms with Gasteiger partial charge in [-0.05, 0) is 30.9 Å². The minimum Gasteiger partial charge on any atom is -0.336 e. The molecule has 2 aliphatic rings. The predicted octanol–water partition coefficient (Wildman–Crippen LogP) is 2.37. The van der Waals surface area contributed by atoms with Gasteiger partial charge < -0.3 is 10.2 Å². The van der Waals surface area contributed by atoms with Gasteiger partial charge in [0.25, 0.3) is 0 Å². The number of nitrogens with zero attached hydrogens (tertiary/aromatic N) is 3. The van der Waals surface area contributed by atoms with E-state index in [1.165, 1.54) is 12.0 Å². The van der Waals surface area contributed by atoms with E-state index >= 15 is 0 Å². The molecule has 24 heavy (non-hydrogen) atoms. The van der Waals surface area contributed by atoms with Gasteiger partial charge in [-0.25, -0.2) is 0 Å². The number of carbonyl (C=O) groups excluding carboxylic acids is 1. The molecule has 126 valence electrons. The summed E-state index contributed by atoms with van der Waals surface area (Å²) in [4.78, 5) is 14.9. The van der Waals surface area contributed by atoms with Gasteiger partial charge in [-0.3, -0.25) is 9.48 Å². The zero-order valence-electron chi connectivity index (χ0n) is 13.8. The summed E-state index contributed by atoms with van der Waals surface area (Å²) in [6, 6.07) is 13.5. The van der Waals surface area contributed by atoms with E-state index in [9.17, 15) is 4.79 Å². The number of likely N-dealkylation sites (tertiary alicyclic amines) is 1. The van der Waals surface area contributed by atoms with Crippen molar-refractivity contribution in [2.75, 3.05) is 6.54 Å². The maximum Gasteiger partial charge on any atom is 0.244 e. The SMILES string of the molecule is O=C(Cn1cccn1)N1CCCC[C@H]2N[C@@H](c3ccccc3)C[C@@H]21. The minimum absolute atomic E-state index is 0.186. The van der Waals surface area contributed by atoms with Crippen molar-refractivity contribution in [3.8, 4) is 0 Å². The highest BCUT2D eigenvalue weighted by Crippen LogP contribution is 2.34. The van der Waals surface area contributed by atoms with Crippen LogP contribution in [-0.4, -0.2) is 39.2 Å². The quantitative estimate of drug-likeness (QED) is 0.943. The maximum atomic E-state index is 12.8. The third-order valence-corrected chi connectivity index (χ3v) is 5.30. The molecule has 1 aromatic carbocycles. The van der Waals surface area contributed by atoms with Gasteiger partial charge >= 0.3 is 0 Å². The lowest BCUT2D eigenvalue weighted by Gasteiger charge is -2.30. The summed E-state index contributed by atoms with van der Waals surface area (Å²) < 4.78 is 1.72. The van der Waals surface area contributed by atoms with Gasteiger partial charge in [-0.2, -0.15) is 5.10 Å². The molecule has 2 aliphatic heterocycles. The average molecular weight is 324 g/mol. The Labute approximate surface area is 142 Å². The van der Waals surface area contributed by atoms with Gasteiger partial charge in [-0.15, -0.1) is 0 Å². The number of aromatic nitrogens is 2. The molecule has 0 spiro atoms.